The zero-order valence-corrected chi connectivity index (χ0v) is 15.9. The topological polar surface area (TPSA) is 99.2 Å². The summed E-state index contributed by atoms with van der Waals surface area (Å²) < 4.78 is 59.9. The molecule has 0 saturated heterocycles. The SMILES string of the molecule is Cc1cccc(-c2noc(/C(C=N)=C(/Nc3cccc(F)c3)C(F)(F)F)c2C(=O)O)c1. The largest absolute Gasteiger partial charge is 0.477 e. The Bertz CT molecular complexity index is 1180. The number of allylic oxidation sites excluding steroid dienone is 2. The van der Waals surface area contributed by atoms with Gasteiger partial charge in [0.15, 0.2) is 5.76 Å². The Labute approximate surface area is 173 Å². The highest BCUT2D eigenvalue weighted by atomic mass is 19.4. The molecule has 0 aliphatic rings. The normalized spacial score (nSPS) is 12.3. The molecule has 0 aliphatic heterocycles. The minimum absolute atomic E-state index is 0.183. The lowest BCUT2D eigenvalue weighted by atomic mass is 10.0. The van der Waals surface area contributed by atoms with E-state index in [4.69, 9.17) is 9.93 Å². The fourth-order valence-electron chi connectivity index (χ4n) is 2.91. The molecule has 1 aromatic heterocycles. The average Bonchev–Trinajstić information content (AvgIpc) is 3.12. The van der Waals surface area contributed by atoms with E-state index in [1.165, 1.54) is 18.2 Å². The van der Waals surface area contributed by atoms with Crippen LogP contribution in [0.4, 0.5) is 23.2 Å². The molecule has 160 valence electrons. The molecule has 3 aromatic rings. The van der Waals surface area contributed by atoms with Gasteiger partial charge in [0, 0.05) is 17.5 Å². The Balaban J connectivity index is 2.24. The van der Waals surface area contributed by atoms with Gasteiger partial charge in [0.05, 0.1) is 5.57 Å². The monoisotopic (exact) mass is 433 g/mol. The van der Waals surface area contributed by atoms with E-state index in [1.54, 1.807) is 25.1 Å². The van der Waals surface area contributed by atoms with Gasteiger partial charge in [-0.05, 0) is 31.2 Å². The van der Waals surface area contributed by atoms with Crippen LogP contribution in [0.5, 0.6) is 0 Å². The molecule has 1 heterocycles. The average molecular weight is 433 g/mol. The van der Waals surface area contributed by atoms with Crippen LogP contribution in [0.15, 0.2) is 58.8 Å². The van der Waals surface area contributed by atoms with Crippen molar-refractivity contribution in [3.05, 3.63) is 76.9 Å². The number of benzene rings is 2. The molecule has 0 amide bonds. The molecule has 0 fully saturated rings. The second-order valence-electron chi connectivity index (χ2n) is 6.48. The highest BCUT2D eigenvalue weighted by Gasteiger charge is 2.39. The third kappa shape index (κ3) is 4.63. The van der Waals surface area contributed by atoms with Crippen molar-refractivity contribution in [1.82, 2.24) is 5.16 Å². The zero-order valence-electron chi connectivity index (χ0n) is 15.9. The molecule has 0 bridgehead atoms. The Morgan fingerprint density at radius 3 is 2.48 bits per heavy atom. The number of aromatic nitrogens is 1. The number of aromatic carboxylic acids is 1. The molecule has 2 aromatic carbocycles. The van der Waals surface area contributed by atoms with E-state index in [9.17, 15) is 27.5 Å². The van der Waals surface area contributed by atoms with Crippen molar-refractivity contribution in [1.29, 1.82) is 5.41 Å². The van der Waals surface area contributed by atoms with Crippen molar-refractivity contribution in [2.75, 3.05) is 5.32 Å². The fraction of sp³-hybridized carbons (Fsp3) is 0.0952. The Kier molecular flexibility index (Phi) is 5.91. The number of halogens is 4. The van der Waals surface area contributed by atoms with Crippen LogP contribution in [0.3, 0.4) is 0 Å². The molecule has 3 N–H and O–H groups in total. The van der Waals surface area contributed by atoms with Gasteiger partial charge in [0.1, 0.15) is 22.8 Å². The molecule has 0 aliphatic carbocycles. The highest BCUT2D eigenvalue weighted by molar-refractivity contribution is 6.14. The zero-order chi connectivity index (χ0) is 22.8. The van der Waals surface area contributed by atoms with Crippen molar-refractivity contribution in [3.8, 4) is 11.3 Å². The van der Waals surface area contributed by atoms with E-state index < -0.39 is 40.6 Å². The molecule has 0 spiro atoms. The molecular formula is C21H15F4N3O3. The Morgan fingerprint density at radius 1 is 1.19 bits per heavy atom. The van der Waals surface area contributed by atoms with Crippen molar-refractivity contribution in [3.63, 3.8) is 0 Å². The van der Waals surface area contributed by atoms with Crippen molar-refractivity contribution < 1.29 is 32.0 Å². The van der Waals surface area contributed by atoms with E-state index in [-0.39, 0.29) is 11.4 Å². The lowest BCUT2D eigenvalue weighted by Crippen LogP contribution is -2.22. The van der Waals surface area contributed by atoms with Gasteiger partial charge in [0.2, 0.25) is 0 Å². The van der Waals surface area contributed by atoms with Crippen molar-refractivity contribution in [2.45, 2.75) is 13.1 Å². The van der Waals surface area contributed by atoms with E-state index in [0.29, 0.717) is 11.8 Å². The number of anilines is 1. The maximum Gasteiger partial charge on any atom is 0.432 e. The first-order valence-corrected chi connectivity index (χ1v) is 8.76. The third-order valence-electron chi connectivity index (χ3n) is 4.23. The summed E-state index contributed by atoms with van der Waals surface area (Å²) in [6.07, 6.45) is -4.74. The first kappa shape index (κ1) is 21.8. The number of carboxylic acids is 1. The maximum atomic E-state index is 13.8. The van der Waals surface area contributed by atoms with Gasteiger partial charge in [-0.1, -0.05) is 35.0 Å². The fourth-order valence-corrected chi connectivity index (χ4v) is 2.91. The van der Waals surface area contributed by atoms with Crippen LogP contribution in [0.25, 0.3) is 16.8 Å². The summed E-state index contributed by atoms with van der Waals surface area (Å²) in [4.78, 5) is 11.9. The van der Waals surface area contributed by atoms with Gasteiger partial charge < -0.3 is 20.4 Å². The summed E-state index contributed by atoms with van der Waals surface area (Å²) in [5, 5.41) is 22.9. The first-order valence-electron chi connectivity index (χ1n) is 8.76. The Morgan fingerprint density at radius 2 is 1.90 bits per heavy atom. The van der Waals surface area contributed by atoms with Crippen LogP contribution in [-0.2, 0) is 0 Å². The number of hydrogen-bond acceptors (Lipinski definition) is 5. The van der Waals surface area contributed by atoms with Crippen LogP contribution < -0.4 is 5.32 Å². The minimum atomic E-state index is -5.05. The predicted molar refractivity (Wildman–Crippen MR) is 105 cm³/mol. The number of nitrogens with zero attached hydrogens (tertiary/aromatic N) is 1. The summed E-state index contributed by atoms with van der Waals surface area (Å²) in [5.41, 5.74) is -2.37. The van der Waals surface area contributed by atoms with Crippen LogP contribution in [0.1, 0.15) is 21.7 Å². The lowest BCUT2D eigenvalue weighted by Gasteiger charge is -2.17. The Hall–Kier alpha value is -3.95. The molecule has 6 nitrogen and oxygen atoms in total. The molecule has 0 atom stereocenters. The van der Waals surface area contributed by atoms with Gasteiger partial charge in [0.25, 0.3) is 0 Å². The van der Waals surface area contributed by atoms with E-state index in [0.717, 1.165) is 17.7 Å². The molecule has 3 rings (SSSR count). The highest BCUT2D eigenvalue weighted by Crippen LogP contribution is 2.36. The second-order valence-corrected chi connectivity index (χ2v) is 6.48. The first-order chi connectivity index (χ1) is 14.6. The quantitative estimate of drug-likeness (QED) is 0.351. The van der Waals surface area contributed by atoms with Gasteiger partial charge in [-0.25, -0.2) is 9.18 Å². The summed E-state index contributed by atoms with van der Waals surface area (Å²) in [5.74, 6) is -3.12. The standard InChI is InChI=1S/C21H15F4N3O3/c1-11-4-2-5-12(8-11)17-16(20(29)30)18(31-28-17)15(10-26)19(21(23,24)25)27-14-7-3-6-13(22)9-14/h2-10,26-27H,1H3,(H,29,30)/b19-15+,26-10?. The lowest BCUT2D eigenvalue weighted by molar-refractivity contribution is -0.0896. The van der Waals surface area contributed by atoms with Crippen molar-refractivity contribution in [2.24, 2.45) is 0 Å². The summed E-state index contributed by atoms with van der Waals surface area (Å²) in [7, 11) is 0. The van der Waals surface area contributed by atoms with E-state index in [1.807, 2.05) is 5.32 Å². The van der Waals surface area contributed by atoms with Crippen LogP contribution in [0, 0.1) is 18.2 Å². The van der Waals surface area contributed by atoms with Crippen LogP contribution in [0.2, 0.25) is 0 Å². The number of hydrogen-bond donors (Lipinski definition) is 3. The number of carbonyl (C=O) groups is 1. The van der Waals surface area contributed by atoms with Gasteiger partial charge in [-0.15, -0.1) is 0 Å². The van der Waals surface area contributed by atoms with Gasteiger partial charge in [-0.3, -0.25) is 0 Å². The third-order valence-corrected chi connectivity index (χ3v) is 4.23. The molecule has 10 heteroatoms. The number of aryl methyl sites for hydroxylation is 1. The number of rotatable bonds is 6. The summed E-state index contributed by atoms with van der Waals surface area (Å²) in [6.45, 7) is 1.75. The van der Waals surface area contributed by atoms with Crippen LogP contribution >= 0.6 is 0 Å². The molecule has 31 heavy (non-hydrogen) atoms. The smallest absolute Gasteiger partial charge is 0.432 e. The van der Waals surface area contributed by atoms with Crippen LogP contribution in [-0.4, -0.2) is 28.6 Å². The van der Waals surface area contributed by atoms with Gasteiger partial charge in [-0.2, -0.15) is 13.2 Å². The molecular weight excluding hydrogens is 418 g/mol. The second kappa shape index (κ2) is 8.42. The number of carboxylic acid groups (broad SMARTS) is 1. The predicted octanol–water partition coefficient (Wildman–Crippen LogP) is 5.52. The van der Waals surface area contributed by atoms with Gasteiger partial charge >= 0.3 is 12.1 Å². The van der Waals surface area contributed by atoms with E-state index in [2.05, 4.69) is 5.16 Å². The summed E-state index contributed by atoms with van der Waals surface area (Å²) >= 11 is 0. The number of alkyl halides is 3. The molecule has 0 saturated carbocycles. The molecule has 0 unspecified atom stereocenters. The van der Waals surface area contributed by atoms with E-state index >= 15 is 0 Å². The minimum Gasteiger partial charge on any atom is -0.477 e. The van der Waals surface area contributed by atoms with Crippen molar-refractivity contribution >= 4 is 23.4 Å². The number of nitrogens with one attached hydrogen (secondary N) is 2. The summed E-state index contributed by atoms with van der Waals surface area (Å²) in [6, 6.07) is 10.8. The molecule has 0 radical (unpaired) electrons. The maximum absolute atomic E-state index is 13.8.